The first kappa shape index (κ1) is 14.8. The molecule has 2 nitrogen and oxygen atoms in total. The van der Waals surface area contributed by atoms with Crippen molar-refractivity contribution in [3.05, 3.63) is 27.7 Å². The van der Waals surface area contributed by atoms with E-state index in [0.29, 0.717) is 10.7 Å². The van der Waals surface area contributed by atoms with Gasteiger partial charge in [0.1, 0.15) is 0 Å². The SMILES string of the molecule is Cl.Cl.NNc1c(Cl)cccc1Br. The fourth-order valence-electron chi connectivity index (χ4n) is 0.636. The van der Waals surface area contributed by atoms with Crippen LogP contribution in [0.3, 0.4) is 0 Å². The Morgan fingerprint density at radius 1 is 1.33 bits per heavy atom. The van der Waals surface area contributed by atoms with Gasteiger partial charge in [-0.2, -0.15) is 0 Å². The zero-order valence-electron chi connectivity index (χ0n) is 5.88. The molecule has 0 spiro atoms. The first-order chi connectivity index (χ1) is 4.75. The lowest BCUT2D eigenvalue weighted by atomic mass is 10.3. The van der Waals surface area contributed by atoms with Gasteiger partial charge in [0.15, 0.2) is 0 Å². The molecule has 0 aliphatic rings. The van der Waals surface area contributed by atoms with Crippen molar-refractivity contribution in [1.29, 1.82) is 0 Å². The summed E-state index contributed by atoms with van der Waals surface area (Å²) in [5, 5.41) is 0.608. The Bertz CT molecular complexity index is 224. The molecule has 0 atom stereocenters. The number of nitrogens with two attached hydrogens (primary N) is 1. The molecule has 0 amide bonds. The number of hydrogen-bond donors (Lipinski definition) is 2. The maximum atomic E-state index is 5.76. The second-order valence-electron chi connectivity index (χ2n) is 1.74. The predicted molar refractivity (Wildman–Crippen MR) is 61.5 cm³/mol. The molecule has 0 heterocycles. The molecule has 0 bridgehead atoms. The summed E-state index contributed by atoms with van der Waals surface area (Å²) in [7, 11) is 0. The van der Waals surface area contributed by atoms with Gasteiger partial charge in [0.05, 0.1) is 10.7 Å². The molecule has 0 radical (unpaired) electrons. The van der Waals surface area contributed by atoms with Gasteiger partial charge < -0.3 is 5.43 Å². The molecule has 0 saturated carbocycles. The molecule has 0 aromatic heterocycles. The maximum Gasteiger partial charge on any atom is 0.0815 e. The van der Waals surface area contributed by atoms with E-state index in [-0.39, 0.29) is 24.8 Å². The van der Waals surface area contributed by atoms with Crippen molar-refractivity contribution in [1.82, 2.24) is 0 Å². The Balaban J connectivity index is 0. The van der Waals surface area contributed by atoms with E-state index in [1.165, 1.54) is 0 Å². The molecule has 0 unspecified atom stereocenters. The lowest BCUT2D eigenvalue weighted by Crippen LogP contribution is -2.07. The highest BCUT2D eigenvalue weighted by Gasteiger charge is 2.00. The van der Waals surface area contributed by atoms with E-state index < -0.39 is 0 Å². The van der Waals surface area contributed by atoms with E-state index in [4.69, 9.17) is 17.4 Å². The maximum absolute atomic E-state index is 5.76. The van der Waals surface area contributed by atoms with Crippen LogP contribution >= 0.6 is 52.3 Å². The normalized spacial score (nSPS) is 7.92. The third-order valence-corrected chi connectivity index (χ3v) is 2.08. The Morgan fingerprint density at radius 2 is 1.92 bits per heavy atom. The van der Waals surface area contributed by atoms with Crippen LogP contribution in [0, 0.1) is 0 Å². The summed E-state index contributed by atoms with van der Waals surface area (Å²) in [4.78, 5) is 0. The fourth-order valence-corrected chi connectivity index (χ4v) is 1.46. The highest BCUT2D eigenvalue weighted by Crippen LogP contribution is 2.28. The van der Waals surface area contributed by atoms with Crippen molar-refractivity contribution in [2.75, 3.05) is 5.43 Å². The molecular formula is C6H8BrCl3N2. The first-order valence-corrected chi connectivity index (χ1v) is 3.83. The number of nitrogen functional groups attached to an aromatic ring is 1. The highest BCUT2D eigenvalue weighted by molar-refractivity contribution is 9.10. The Morgan fingerprint density at radius 3 is 2.25 bits per heavy atom. The van der Waals surface area contributed by atoms with Crippen LogP contribution in [-0.4, -0.2) is 0 Å². The molecule has 1 aromatic carbocycles. The van der Waals surface area contributed by atoms with Gasteiger partial charge in [0.2, 0.25) is 0 Å². The van der Waals surface area contributed by atoms with Gasteiger partial charge in [-0.3, -0.25) is 5.84 Å². The van der Waals surface area contributed by atoms with Crippen LogP contribution in [0.25, 0.3) is 0 Å². The zero-order valence-corrected chi connectivity index (χ0v) is 9.86. The average Bonchev–Trinajstić information content (AvgIpc) is 1.88. The number of para-hydroxylation sites is 1. The van der Waals surface area contributed by atoms with Gasteiger partial charge >= 0.3 is 0 Å². The van der Waals surface area contributed by atoms with E-state index >= 15 is 0 Å². The third-order valence-electron chi connectivity index (χ3n) is 1.11. The van der Waals surface area contributed by atoms with Gasteiger partial charge in [-0.1, -0.05) is 17.7 Å². The minimum Gasteiger partial charge on any atom is -0.322 e. The highest BCUT2D eigenvalue weighted by atomic mass is 79.9. The van der Waals surface area contributed by atoms with E-state index in [2.05, 4.69) is 21.4 Å². The van der Waals surface area contributed by atoms with Crippen LogP contribution in [0.2, 0.25) is 5.02 Å². The third kappa shape index (κ3) is 3.37. The summed E-state index contributed by atoms with van der Waals surface area (Å²) >= 11 is 9.04. The summed E-state index contributed by atoms with van der Waals surface area (Å²) in [5.41, 5.74) is 3.20. The standard InChI is InChI=1S/C6H6BrClN2.2ClH/c7-4-2-1-3-5(8)6(4)10-9;;/h1-3,10H,9H2;2*1H. The number of halogens is 4. The van der Waals surface area contributed by atoms with Gasteiger partial charge in [-0.25, -0.2) is 0 Å². The molecule has 70 valence electrons. The van der Waals surface area contributed by atoms with Crippen LogP contribution < -0.4 is 11.3 Å². The number of hydrazine groups is 1. The van der Waals surface area contributed by atoms with Crippen LogP contribution in [0.4, 0.5) is 5.69 Å². The first-order valence-electron chi connectivity index (χ1n) is 2.66. The Kier molecular flexibility index (Phi) is 8.41. The van der Waals surface area contributed by atoms with Crippen LogP contribution in [-0.2, 0) is 0 Å². The van der Waals surface area contributed by atoms with E-state index in [1.54, 1.807) is 6.07 Å². The quantitative estimate of drug-likeness (QED) is 0.616. The van der Waals surface area contributed by atoms with Gasteiger partial charge in [0, 0.05) is 4.47 Å². The fraction of sp³-hybridized carbons (Fsp3) is 0. The zero-order chi connectivity index (χ0) is 7.56. The summed E-state index contributed by atoms with van der Waals surface area (Å²) in [6.07, 6.45) is 0. The van der Waals surface area contributed by atoms with E-state index in [9.17, 15) is 0 Å². The molecule has 0 aliphatic heterocycles. The summed E-state index contributed by atoms with van der Waals surface area (Å²) < 4.78 is 0.863. The van der Waals surface area contributed by atoms with Gasteiger partial charge in [-0.15, -0.1) is 24.8 Å². The largest absolute Gasteiger partial charge is 0.322 e. The molecule has 1 aromatic rings. The van der Waals surface area contributed by atoms with Crippen LogP contribution in [0.1, 0.15) is 0 Å². The molecule has 0 fully saturated rings. The topological polar surface area (TPSA) is 38.0 Å². The van der Waals surface area contributed by atoms with Crippen LogP contribution in [0.15, 0.2) is 22.7 Å². The molecular weight excluding hydrogens is 286 g/mol. The molecule has 0 saturated heterocycles. The lowest BCUT2D eigenvalue weighted by Gasteiger charge is -2.03. The Hall–Kier alpha value is 0.330. The lowest BCUT2D eigenvalue weighted by molar-refractivity contribution is 1.34. The molecule has 6 heteroatoms. The van der Waals surface area contributed by atoms with Gasteiger partial charge in [0.25, 0.3) is 0 Å². The van der Waals surface area contributed by atoms with Crippen molar-refractivity contribution >= 4 is 58.0 Å². The second kappa shape index (κ2) is 6.80. The molecule has 0 aliphatic carbocycles. The minimum absolute atomic E-state index is 0. The van der Waals surface area contributed by atoms with Crippen molar-refractivity contribution in [3.8, 4) is 0 Å². The second-order valence-corrected chi connectivity index (χ2v) is 3.00. The van der Waals surface area contributed by atoms with E-state index in [0.717, 1.165) is 4.47 Å². The summed E-state index contributed by atoms with van der Waals surface area (Å²) in [6.45, 7) is 0. The minimum atomic E-state index is 0. The number of benzene rings is 1. The smallest absolute Gasteiger partial charge is 0.0815 e. The number of hydrogen-bond acceptors (Lipinski definition) is 2. The summed E-state index contributed by atoms with van der Waals surface area (Å²) in [5.74, 6) is 5.19. The van der Waals surface area contributed by atoms with Crippen molar-refractivity contribution in [2.45, 2.75) is 0 Å². The van der Waals surface area contributed by atoms with Crippen molar-refractivity contribution < 1.29 is 0 Å². The number of nitrogens with one attached hydrogen (secondary N) is 1. The number of rotatable bonds is 1. The van der Waals surface area contributed by atoms with Crippen molar-refractivity contribution in [3.63, 3.8) is 0 Å². The van der Waals surface area contributed by atoms with Gasteiger partial charge in [-0.05, 0) is 28.1 Å². The monoisotopic (exact) mass is 292 g/mol. The summed E-state index contributed by atoms with van der Waals surface area (Å²) in [6, 6.07) is 5.47. The van der Waals surface area contributed by atoms with E-state index in [1.807, 2.05) is 12.1 Å². The molecule has 12 heavy (non-hydrogen) atoms. The number of anilines is 1. The van der Waals surface area contributed by atoms with Crippen LogP contribution in [0.5, 0.6) is 0 Å². The Labute approximate surface area is 96.8 Å². The molecule has 3 N–H and O–H groups in total. The molecule has 1 rings (SSSR count). The van der Waals surface area contributed by atoms with Crippen molar-refractivity contribution in [2.24, 2.45) is 5.84 Å². The average molecular weight is 294 g/mol. The predicted octanol–water partition coefficient (Wildman–Crippen LogP) is 3.23.